The lowest BCUT2D eigenvalue weighted by molar-refractivity contribution is -0.131. The van der Waals surface area contributed by atoms with E-state index >= 15 is 0 Å². The van der Waals surface area contributed by atoms with Crippen LogP contribution in [0.4, 0.5) is 0 Å². The quantitative estimate of drug-likeness (QED) is 0.335. The number of carbonyl (C=O) groups excluding carboxylic acids is 1. The van der Waals surface area contributed by atoms with Crippen LogP contribution >= 0.6 is 0 Å². The maximum absolute atomic E-state index is 13.5. The van der Waals surface area contributed by atoms with Crippen molar-refractivity contribution in [3.05, 3.63) is 102 Å². The molecule has 0 saturated heterocycles. The summed E-state index contributed by atoms with van der Waals surface area (Å²) < 4.78 is 0. The Morgan fingerprint density at radius 2 is 1.61 bits per heavy atom. The highest BCUT2D eigenvalue weighted by Gasteiger charge is 2.21. The summed E-state index contributed by atoms with van der Waals surface area (Å²) in [5.41, 5.74) is 3.52. The zero-order valence-corrected chi connectivity index (χ0v) is 20.8. The van der Waals surface area contributed by atoms with E-state index in [-0.39, 0.29) is 17.6 Å². The Morgan fingerprint density at radius 1 is 0.944 bits per heavy atom. The van der Waals surface area contributed by atoms with Gasteiger partial charge in [0, 0.05) is 38.5 Å². The Balaban J connectivity index is 1.43. The predicted molar refractivity (Wildman–Crippen MR) is 145 cm³/mol. The number of phenols is 1. The molecule has 6 heteroatoms. The van der Waals surface area contributed by atoms with Gasteiger partial charge in [-0.25, -0.2) is 0 Å². The lowest BCUT2D eigenvalue weighted by Gasteiger charge is -2.29. The SMILES string of the molecule is O=C(CCCCNC1=NCCN1)N(CCc1ccc(O)cc1)CC(c1ccccc1)c1ccccc1. The van der Waals surface area contributed by atoms with E-state index in [0.717, 1.165) is 50.4 Å². The highest BCUT2D eigenvalue weighted by Crippen LogP contribution is 2.26. The molecule has 36 heavy (non-hydrogen) atoms. The van der Waals surface area contributed by atoms with Crippen LogP contribution in [0.2, 0.25) is 0 Å². The van der Waals surface area contributed by atoms with Gasteiger partial charge in [0.1, 0.15) is 5.75 Å². The Kier molecular flexibility index (Phi) is 9.37. The van der Waals surface area contributed by atoms with Crippen LogP contribution in [0.1, 0.15) is 41.9 Å². The van der Waals surface area contributed by atoms with E-state index in [1.807, 2.05) is 29.2 Å². The number of aromatic hydroxyl groups is 1. The molecule has 1 aliphatic rings. The summed E-state index contributed by atoms with van der Waals surface area (Å²) in [7, 11) is 0. The minimum atomic E-state index is 0.101. The molecule has 1 aliphatic heterocycles. The molecule has 6 nitrogen and oxygen atoms in total. The molecule has 188 valence electrons. The van der Waals surface area contributed by atoms with Gasteiger partial charge < -0.3 is 20.6 Å². The van der Waals surface area contributed by atoms with Crippen LogP contribution < -0.4 is 10.6 Å². The number of phenolic OH excluding ortho intramolecular Hbond substituents is 1. The van der Waals surface area contributed by atoms with Crippen LogP contribution in [0.3, 0.4) is 0 Å². The molecule has 0 unspecified atom stereocenters. The first-order valence-corrected chi connectivity index (χ1v) is 12.9. The third-order valence-electron chi connectivity index (χ3n) is 6.55. The molecule has 0 fully saturated rings. The van der Waals surface area contributed by atoms with E-state index in [2.05, 4.69) is 64.2 Å². The normalized spacial score (nSPS) is 12.8. The number of carbonyl (C=O) groups is 1. The van der Waals surface area contributed by atoms with Crippen molar-refractivity contribution in [2.24, 2.45) is 4.99 Å². The molecule has 1 amide bonds. The second-order valence-corrected chi connectivity index (χ2v) is 9.17. The molecule has 3 N–H and O–H groups in total. The second-order valence-electron chi connectivity index (χ2n) is 9.17. The third kappa shape index (κ3) is 7.60. The lowest BCUT2D eigenvalue weighted by atomic mass is 9.90. The van der Waals surface area contributed by atoms with Gasteiger partial charge in [0.05, 0.1) is 6.54 Å². The first kappa shape index (κ1) is 25.3. The number of benzene rings is 3. The van der Waals surface area contributed by atoms with Crippen LogP contribution in [0.15, 0.2) is 89.9 Å². The molecule has 0 spiro atoms. The van der Waals surface area contributed by atoms with Gasteiger partial charge in [0.15, 0.2) is 5.96 Å². The fourth-order valence-corrected chi connectivity index (χ4v) is 4.52. The molecule has 3 aromatic rings. The highest BCUT2D eigenvalue weighted by atomic mass is 16.3. The molecular formula is C30H36N4O2. The summed E-state index contributed by atoms with van der Waals surface area (Å²) in [6.07, 6.45) is 3.01. The van der Waals surface area contributed by atoms with Gasteiger partial charge in [0.2, 0.25) is 5.91 Å². The molecule has 0 radical (unpaired) electrons. The number of amides is 1. The topological polar surface area (TPSA) is 77.0 Å². The number of unbranched alkanes of at least 4 members (excludes halogenated alkanes) is 1. The number of guanidine groups is 1. The Morgan fingerprint density at radius 3 is 2.22 bits per heavy atom. The summed E-state index contributed by atoms with van der Waals surface area (Å²) in [6, 6.07) is 28.1. The summed E-state index contributed by atoms with van der Waals surface area (Å²) >= 11 is 0. The Hall–Kier alpha value is -3.80. The average Bonchev–Trinajstić information content (AvgIpc) is 3.44. The molecule has 4 rings (SSSR count). The fraction of sp³-hybridized carbons (Fsp3) is 0.333. The van der Waals surface area contributed by atoms with Gasteiger partial charge in [-0.2, -0.15) is 0 Å². The molecular weight excluding hydrogens is 448 g/mol. The van der Waals surface area contributed by atoms with Gasteiger partial charge in [-0.1, -0.05) is 72.8 Å². The maximum Gasteiger partial charge on any atom is 0.222 e. The van der Waals surface area contributed by atoms with E-state index in [0.29, 0.717) is 19.5 Å². The monoisotopic (exact) mass is 484 g/mol. The third-order valence-corrected chi connectivity index (χ3v) is 6.55. The Labute approximate surface area is 214 Å². The number of rotatable bonds is 12. The van der Waals surface area contributed by atoms with Crippen molar-refractivity contribution in [2.45, 2.75) is 31.6 Å². The second kappa shape index (κ2) is 13.3. The van der Waals surface area contributed by atoms with E-state index in [4.69, 9.17) is 0 Å². The molecule has 1 heterocycles. The number of nitrogens with one attached hydrogen (secondary N) is 2. The standard InChI is InChI=1S/C30H36N4O2/c35-27-16-14-24(15-17-27)18-22-34(29(36)13-7-8-19-31-30-32-20-21-33-30)23-28(25-9-3-1-4-10-25)26-11-5-2-6-12-26/h1-6,9-12,14-17,28,35H,7-8,13,18-23H2,(H2,31,32,33). The van der Waals surface area contributed by atoms with Gasteiger partial charge in [-0.05, 0) is 48.1 Å². The molecule has 0 saturated carbocycles. The molecule has 0 aromatic heterocycles. The number of aliphatic imine (C=N–C) groups is 1. The first-order valence-electron chi connectivity index (χ1n) is 12.9. The van der Waals surface area contributed by atoms with Crippen LogP contribution in [-0.2, 0) is 11.2 Å². The minimum Gasteiger partial charge on any atom is -0.508 e. The van der Waals surface area contributed by atoms with Crippen molar-refractivity contribution in [1.29, 1.82) is 0 Å². The van der Waals surface area contributed by atoms with E-state index in [1.54, 1.807) is 12.1 Å². The largest absolute Gasteiger partial charge is 0.508 e. The zero-order chi connectivity index (χ0) is 25.0. The molecule has 0 aliphatic carbocycles. The maximum atomic E-state index is 13.5. The smallest absolute Gasteiger partial charge is 0.222 e. The molecule has 0 atom stereocenters. The minimum absolute atomic E-state index is 0.101. The summed E-state index contributed by atoms with van der Waals surface area (Å²) in [6.45, 7) is 3.79. The fourth-order valence-electron chi connectivity index (χ4n) is 4.52. The first-order chi connectivity index (χ1) is 17.7. The van der Waals surface area contributed by atoms with E-state index in [9.17, 15) is 9.90 Å². The van der Waals surface area contributed by atoms with Gasteiger partial charge in [0.25, 0.3) is 0 Å². The summed E-state index contributed by atoms with van der Waals surface area (Å²) in [4.78, 5) is 19.8. The van der Waals surface area contributed by atoms with Crippen molar-refractivity contribution in [1.82, 2.24) is 15.5 Å². The van der Waals surface area contributed by atoms with Crippen LogP contribution in [-0.4, -0.2) is 54.6 Å². The van der Waals surface area contributed by atoms with Crippen molar-refractivity contribution in [3.63, 3.8) is 0 Å². The van der Waals surface area contributed by atoms with Gasteiger partial charge in [-0.15, -0.1) is 0 Å². The van der Waals surface area contributed by atoms with Crippen molar-refractivity contribution in [2.75, 3.05) is 32.7 Å². The van der Waals surface area contributed by atoms with Crippen LogP contribution in [0, 0.1) is 0 Å². The van der Waals surface area contributed by atoms with Crippen molar-refractivity contribution >= 4 is 11.9 Å². The number of hydrogen-bond acceptors (Lipinski definition) is 5. The summed E-state index contributed by atoms with van der Waals surface area (Å²) in [5.74, 6) is 1.41. The van der Waals surface area contributed by atoms with Crippen LogP contribution in [0.5, 0.6) is 5.75 Å². The molecule has 0 bridgehead atoms. The Bertz CT molecular complexity index is 1060. The number of nitrogens with zero attached hydrogens (tertiary/aromatic N) is 2. The van der Waals surface area contributed by atoms with E-state index < -0.39 is 0 Å². The highest BCUT2D eigenvalue weighted by molar-refractivity contribution is 5.81. The zero-order valence-electron chi connectivity index (χ0n) is 20.8. The van der Waals surface area contributed by atoms with Crippen molar-refractivity contribution < 1.29 is 9.90 Å². The van der Waals surface area contributed by atoms with E-state index in [1.165, 1.54) is 11.1 Å². The average molecular weight is 485 g/mol. The van der Waals surface area contributed by atoms with Crippen LogP contribution in [0.25, 0.3) is 0 Å². The lowest BCUT2D eigenvalue weighted by Crippen LogP contribution is -2.37. The number of hydrogen-bond donors (Lipinski definition) is 3. The molecule has 3 aromatic carbocycles. The van der Waals surface area contributed by atoms with Gasteiger partial charge in [-0.3, -0.25) is 9.79 Å². The van der Waals surface area contributed by atoms with Gasteiger partial charge >= 0.3 is 0 Å². The van der Waals surface area contributed by atoms with Crippen molar-refractivity contribution in [3.8, 4) is 5.75 Å². The summed E-state index contributed by atoms with van der Waals surface area (Å²) in [5, 5.41) is 16.1. The predicted octanol–water partition coefficient (Wildman–Crippen LogP) is 4.31.